The number of rotatable bonds is 6. The first-order valence-corrected chi connectivity index (χ1v) is 5.63. The number of esters is 1. The Kier molecular flexibility index (Phi) is 4.98. The Morgan fingerprint density at radius 1 is 1.62 bits per heavy atom. The summed E-state index contributed by atoms with van der Waals surface area (Å²) in [6.45, 7) is 4.56. The van der Waals surface area contributed by atoms with Crippen molar-refractivity contribution in [1.82, 2.24) is 9.55 Å². The molecular formula is C11H19N3O2. The maximum atomic E-state index is 11.8. The SMILES string of the molecule is CCCC(C(=O)OCC)n1ccnc1CN. The van der Waals surface area contributed by atoms with Gasteiger partial charge in [-0.15, -0.1) is 0 Å². The van der Waals surface area contributed by atoms with Crippen molar-refractivity contribution in [2.75, 3.05) is 6.61 Å². The lowest BCUT2D eigenvalue weighted by Gasteiger charge is -2.18. The van der Waals surface area contributed by atoms with E-state index in [1.165, 1.54) is 0 Å². The van der Waals surface area contributed by atoms with E-state index in [9.17, 15) is 4.79 Å². The predicted molar refractivity (Wildman–Crippen MR) is 60.7 cm³/mol. The molecule has 1 aromatic rings. The molecule has 16 heavy (non-hydrogen) atoms. The van der Waals surface area contributed by atoms with Crippen molar-refractivity contribution in [2.24, 2.45) is 5.73 Å². The van der Waals surface area contributed by atoms with Crippen LogP contribution in [0.2, 0.25) is 0 Å². The fraction of sp³-hybridized carbons (Fsp3) is 0.636. The number of hydrogen-bond acceptors (Lipinski definition) is 4. The Morgan fingerprint density at radius 3 is 2.94 bits per heavy atom. The number of aromatic nitrogens is 2. The summed E-state index contributed by atoms with van der Waals surface area (Å²) in [7, 11) is 0. The number of carbonyl (C=O) groups excluding carboxylic acids is 1. The van der Waals surface area contributed by atoms with E-state index in [0.717, 1.165) is 12.8 Å². The lowest BCUT2D eigenvalue weighted by atomic mass is 10.1. The highest BCUT2D eigenvalue weighted by Crippen LogP contribution is 2.17. The van der Waals surface area contributed by atoms with E-state index in [1.54, 1.807) is 19.3 Å². The van der Waals surface area contributed by atoms with E-state index >= 15 is 0 Å². The first-order chi connectivity index (χ1) is 7.74. The molecule has 1 heterocycles. The molecule has 1 rings (SSSR count). The molecule has 0 aliphatic carbocycles. The number of carbonyl (C=O) groups is 1. The number of nitrogens with zero attached hydrogens (tertiary/aromatic N) is 2. The van der Waals surface area contributed by atoms with Gasteiger partial charge in [-0.05, 0) is 13.3 Å². The number of imidazole rings is 1. The van der Waals surface area contributed by atoms with Gasteiger partial charge in [0.05, 0.1) is 13.2 Å². The predicted octanol–water partition coefficient (Wildman–Crippen LogP) is 1.25. The number of ether oxygens (including phenoxy) is 1. The van der Waals surface area contributed by atoms with Gasteiger partial charge in [0.2, 0.25) is 0 Å². The molecule has 0 bridgehead atoms. The minimum Gasteiger partial charge on any atom is -0.464 e. The van der Waals surface area contributed by atoms with E-state index in [2.05, 4.69) is 4.98 Å². The van der Waals surface area contributed by atoms with Crippen LogP contribution < -0.4 is 5.73 Å². The van der Waals surface area contributed by atoms with Crippen LogP contribution in [0, 0.1) is 0 Å². The van der Waals surface area contributed by atoms with E-state index in [-0.39, 0.29) is 12.0 Å². The first kappa shape index (κ1) is 12.7. The van der Waals surface area contributed by atoms with Gasteiger partial charge in [-0.1, -0.05) is 13.3 Å². The summed E-state index contributed by atoms with van der Waals surface area (Å²) in [6.07, 6.45) is 5.08. The van der Waals surface area contributed by atoms with Crippen LogP contribution in [0.5, 0.6) is 0 Å². The molecule has 0 fully saturated rings. The number of hydrogen-bond donors (Lipinski definition) is 1. The summed E-state index contributed by atoms with van der Waals surface area (Å²) in [4.78, 5) is 15.9. The Labute approximate surface area is 95.6 Å². The maximum Gasteiger partial charge on any atom is 0.329 e. The highest BCUT2D eigenvalue weighted by Gasteiger charge is 2.22. The molecule has 5 heteroatoms. The largest absolute Gasteiger partial charge is 0.464 e. The first-order valence-electron chi connectivity index (χ1n) is 5.63. The highest BCUT2D eigenvalue weighted by atomic mass is 16.5. The van der Waals surface area contributed by atoms with Gasteiger partial charge in [-0.2, -0.15) is 0 Å². The molecule has 0 saturated heterocycles. The summed E-state index contributed by atoms with van der Waals surface area (Å²) in [5.41, 5.74) is 5.57. The molecule has 1 atom stereocenters. The highest BCUT2D eigenvalue weighted by molar-refractivity contribution is 5.74. The Bertz CT molecular complexity index is 336. The molecule has 0 aliphatic heterocycles. The van der Waals surface area contributed by atoms with Crippen molar-refractivity contribution >= 4 is 5.97 Å². The van der Waals surface area contributed by atoms with Crippen molar-refractivity contribution in [3.8, 4) is 0 Å². The van der Waals surface area contributed by atoms with Gasteiger partial charge in [0, 0.05) is 12.4 Å². The minimum absolute atomic E-state index is 0.211. The number of nitrogens with two attached hydrogens (primary N) is 1. The summed E-state index contributed by atoms with van der Waals surface area (Å²) in [5, 5.41) is 0. The maximum absolute atomic E-state index is 11.8. The smallest absolute Gasteiger partial charge is 0.329 e. The molecule has 0 radical (unpaired) electrons. The van der Waals surface area contributed by atoms with Crippen molar-refractivity contribution in [3.05, 3.63) is 18.2 Å². The normalized spacial score (nSPS) is 12.4. The van der Waals surface area contributed by atoms with Gasteiger partial charge in [0.25, 0.3) is 0 Å². The third kappa shape index (κ3) is 2.82. The van der Waals surface area contributed by atoms with Crippen LogP contribution in [0.3, 0.4) is 0 Å². The van der Waals surface area contributed by atoms with Crippen molar-refractivity contribution < 1.29 is 9.53 Å². The minimum atomic E-state index is -0.300. The molecule has 0 spiro atoms. The fourth-order valence-corrected chi connectivity index (χ4v) is 1.67. The molecule has 0 aliphatic rings. The molecule has 90 valence electrons. The quantitative estimate of drug-likeness (QED) is 0.740. The summed E-state index contributed by atoms with van der Waals surface area (Å²) < 4.78 is 6.86. The van der Waals surface area contributed by atoms with E-state index in [0.29, 0.717) is 19.0 Å². The van der Waals surface area contributed by atoms with Crippen LogP contribution in [-0.4, -0.2) is 22.1 Å². The van der Waals surface area contributed by atoms with Crippen LogP contribution in [0.4, 0.5) is 0 Å². The summed E-state index contributed by atoms with van der Waals surface area (Å²) in [6, 6.07) is -0.300. The van der Waals surface area contributed by atoms with Gasteiger partial charge in [-0.3, -0.25) is 0 Å². The van der Waals surface area contributed by atoms with E-state index < -0.39 is 0 Å². The average molecular weight is 225 g/mol. The van der Waals surface area contributed by atoms with Gasteiger partial charge < -0.3 is 15.0 Å². The van der Waals surface area contributed by atoms with Crippen LogP contribution >= 0.6 is 0 Å². The van der Waals surface area contributed by atoms with Crippen LogP contribution in [0.15, 0.2) is 12.4 Å². The van der Waals surface area contributed by atoms with Gasteiger partial charge in [0.15, 0.2) is 0 Å². The molecular weight excluding hydrogens is 206 g/mol. The van der Waals surface area contributed by atoms with Gasteiger partial charge >= 0.3 is 5.97 Å². The second-order valence-corrected chi connectivity index (χ2v) is 3.51. The van der Waals surface area contributed by atoms with Gasteiger partial charge in [0.1, 0.15) is 11.9 Å². The third-order valence-corrected chi connectivity index (χ3v) is 2.39. The molecule has 1 unspecified atom stereocenters. The van der Waals surface area contributed by atoms with Crippen LogP contribution in [0.25, 0.3) is 0 Å². The monoisotopic (exact) mass is 225 g/mol. The topological polar surface area (TPSA) is 70.1 Å². The summed E-state index contributed by atoms with van der Waals surface area (Å²) >= 11 is 0. The third-order valence-electron chi connectivity index (χ3n) is 2.39. The Morgan fingerprint density at radius 2 is 2.38 bits per heavy atom. The second kappa shape index (κ2) is 6.27. The molecule has 0 saturated carbocycles. The molecule has 1 aromatic heterocycles. The van der Waals surface area contributed by atoms with Crippen molar-refractivity contribution in [1.29, 1.82) is 0 Å². The van der Waals surface area contributed by atoms with E-state index in [4.69, 9.17) is 10.5 Å². The molecule has 2 N–H and O–H groups in total. The zero-order chi connectivity index (χ0) is 12.0. The van der Waals surface area contributed by atoms with Crippen molar-refractivity contribution in [2.45, 2.75) is 39.3 Å². The molecule has 5 nitrogen and oxygen atoms in total. The summed E-state index contributed by atoms with van der Waals surface area (Å²) in [5.74, 6) is 0.503. The zero-order valence-corrected chi connectivity index (χ0v) is 9.85. The van der Waals surface area contributed by atoms with Crippen LogP contribution in [-0.2, 0) is 16.1 Å². The lowest BCUT2D eigenvalue weighted by molar-refractivity contribution is -0.147. The van der Waals surface area contributed by atoms with Gasteiger partial charge in [-0.25, -0.2) is 9.78 Å². The lowest BCUT2D eigenvalue weighted by Crippen LogP contribution is -2.24. The Balaban J connectivity index is 2.88. The van der Waals surface area contributed by atoms with Crippen LogP contribution in [0.1, 0.15) is 38.6 Å². The average Bonchev–Trinajstić information content (AvgIpc) is 2.73. The van der Waals surface area contributed by atoms with Crippen molar-refractivity contribution in [3.63, 3.8) is 0 Å². The molecule has 0 aromatic carbocycles. The standard InChI is InChI=1S/C11H19N3O2/c1-3-5-9(11(15)16-4-2)14-7-6-13-10(14)8-12/h6-7,9H,3-5,8,12H2,1-2H3. The second-order valence-electron chi connectivity index (χ2n) is 3.51. The zero-order valence-electron chi connectivity index (χ0n) is 9.85. The molecule has 0 amide bonds. The van der Waals surface area contributed by atoms with E-state index in [1.807, 2.05) is 11.5 Å². The Hall–Kier alpha value is -1.36. The fourth-order valence-electron chi connectivity index (χ4n) is 1.67.